The van der Waals surface area contributed by atoms with Gasteiger partial charge in [0.25, 0.3) is 16.8 Å². The van der Waals surface area contributed by atoms with Gasteiger partial charge in [-0.15, -0.1) is 0 Å². The van der Waals surface area contributed by atoms with Crippen molar-refractivity contribution < 1.29 is 33.5 Å². The van der Waals surface area contributed by atoms with E-state index in [1.165, 1.54) is 31.4 Å². The minimum atomic E-state index is -0.608. The standard InChI is InChI=1S/C27H21BrN2O8S/c1-3-37-22-13-16(12-20(28)24(22)38-26(32)17-8-10-19(36-2)11-9-17)14-23-25(31)29(27(33)39-23)15-18-6-4-5-7-21(18)30(34)35/h4-14H,3,15H2,1-2H3/b23-14-. The van der Waals surface area contributed by atoms with Crippen molar-refractivity contribution in [2.45, 2.75) is 13.5 Å². The van der Waals surface area contributed by atoms with Crippen molar-refractivity contribution in [2.75, 3.05) is 13.7 Å². The molecule has 3 aromatic rings. The number of hydrogen-bond acceptors (Lipinski definition) is 9. The van der Waals surface area contributed by atoms with Crippen LogP contribution >= 0.6 is 27.7 Å². The molecule has 0 aromatic heterocycles. The van der Waals surface area contributed by atoms with Crippen molar-refractivity contribution in [1.82, 2.24) is 4.90 Å². The molecule has 1 heterocycles. The third kappa shape index (κ3) is 6.29. The molecule has 0 saturated carbocycles. The number of methoxy groups -OCH3 is 1. The Morgan fingerprint density at radius 1 is 1.13 bits per heavy atom. The number of hydrogen-bond donors (Lipinski definition) is 0. The molecule has 0 atom stereocenters. The normalized spacial score (nSPS) is 14.0. The maximum absolute atomic E-state index is 13.0. The smallest absolute Gasteiger partial charge is 0.343 e. The molecule has 0 unspecified atom stereocenters. The molecule has 1 fully saturated rings. The van der Waals surface area contributed by atoms with Gasteiger partial charge >= 0.3 is 5.97 Å². The predicted molar refractivity (Wildman–Crippen MR) is 148 cm³/mol. The van der Waals surface area contributed by atoms with Gasteiger partial charge in [0.2, 0.25) is 0 Å². The molecule has 2 amide bonds. The lowest BCUT2D eigenvalue weighted by atomic mass is 10.1. The highest BCUT2D eigenvalue weighted by molar-refractivity contribution is 9.10. The average Bonchev–Trinajstić information content (AvgIpc) is 3.18. The fourth-order valence-corrected chi connectivity index (χ4v) is 5.07. The number of ether oxygens (including phenoxy) is 3. The zero-order valence-corrected chi connectivity index (χ0v) is 23.1. The first kappa shape index (κ1) is 27.9. The van der Waals surface area contributed by atoms with Crippen LogP contribution in [0.25, 0.3) is 6.08 Å². The molecule has 3 aromatic carbocycles. The number of nitrogens with zero attached hydrogens (tertiary/aromatic N) is 2. The molecule has 1 saturated heterocycles. The third-order valence-corrected chi connectivity index (χ3v) is 7.04. The average molecular weight is 613 g/mol. The van der Waals surface area contributed by atoms with E-state index in [2.05, 4.69) is 15.9 Å². The molecule has 200 valence electrons. The van der Waals surface area contributed by atoms with Gasteiger partial charge in [-0.05, 0) is 82.7 Å². The summed E-state index contributed by atoms with van der Waals surface area (Å²) < 4.78 is 16.8. The first-order valence-electron chi connectivity index (χ1n) is 11.5. The van der Waals surface area contributed by atoms with E-state index < -0.39 is 22.0 Å². The monoisotopic (exact) mass is 612 g/mol. The number of imide groups is 1. The number of nitro benzene ring substituents is 1. The Hall–Kier alpha value is -4.16. The van der Waals surface area contributed by atoms with Crippen molar-refractivity contribution in [2.24, 2.45) is 0 Å². The van der Waals surface area contributed by atoms with Crippen molar-refractivity contribution in [3.8, 4) is 17.2 Å². The first-order chi connectivity index (χ1) is 18.7. The molecule has 0 aliphatic carbocycles. The number of thioether (sulfide) groups is 1. The zero-order valence-electron chi connectivity index (χ0n) is 20.7. The van der Waals surface area contributed by atoms with Gasteiger partial charge in [-0.2, -0.15) is 0 Å². The molecule has 1 aliphatic rings. The SMILES string of the molecule is CCOc1cc(/C=C2\SC(=O)N(Cc3ccccc3[N+](=O)[O-])C2=O)cc(Br)c1OC(=O)c1ccc(OC)cc1. The van der Waals surface area contributed by atoms with Crippen molar-refractivity contribution in [1.29, 1.82) is 0 Å². The molecule has 39 heavy (non-hydrogen) atoms. The molecule has 10 nitrogen and oxygen atoms in total. The van der Waals surface area contributed by atoms with Gasteiger partial charge in [0.05, 0.1) is 40.1 Å². The zero-order chi connectivity index (χ0) is 28.1. The minimum absolute atomic E-state index is 0.135. The minimum Gasteiger partial charge on any atom is -0.497 e. The predicted octanol–water partition coefficient (Wildman–Crippen LogP) is 6.22. The molecule has 0 bridgehead atoms. The fraction of sp³-hybridized carbons (Fsp3) is 0.148. The molecular weight excluding hydrogens is 592 g/mol. The van der Waals surface area contributed by atoms with E-state index in [1.807, 2.05) is 0 Å². The van der Waals surface area contributed by atoms with Crippen molar-refractivity contribution in [3.05, 3.63) is 96.8 Å². The summed E-state index contributed by atoms with van der Waals surface area (Å²) >= 11 is 4.13. The maximum Gasteiger partial charge on any atom is 0.343 e. The van der Waals surface area contributed by atoms with Crippen LogP contribution in [-0.2, 0) is 11.3 Å². The number of carbonyl (C=O) groups is 3. The number of esters is 1. The number of halogens is 1. The van der Waals surface area contributed by atoms with Crippen LogP contribution in [0.15, 0.2) is 70.0 Å². The lowest BCUT2D eigenvalue weighted by Gasteiger charge is -2.14. The van der Waals surface area contributed by atoms with Crippen LogP contribution in [0.1, 0.15) is 28.4 Å². The molecule has 4 rings (SSSR count). The summed E-state index contributed by atoms with van der Waals surface area (Å²) in [5.74, 6) is -0.188. The van der Waals surface area contributed by atoms with E-state index in [-0.39, 0.29) is 40.8 Å². The third-order valence-electron chi connectivity index (χ3n) is 5.54. The van der Waals surface area contributed by atoms with Gasteiger partial charge in [-0.1, -0.05) is 18.2 Å². The Balaban J connectivity index is 1.58. The van der Waals surface area contributed by atoms with Crippen LogP contribution in [0.4, 0.5) is 10.5 Å². The first-order valence-corrected chi connectivity index (χ1v) is 13.1. The summed E-state index contributed by atoms with van der Waals surface area (Å²) in [5.41, 5.74) is 0.883. The second kappa shape index (κ2) is 12.1. The molecule has 0 spiro atoms. The van der Waals surface area contributed by atoms with Crippen LogP contribution in [-0.4, -0.2) is 40.7 Å². The topological polar surface area (TPSA) is 125 Å². The Morgan fingerprint density at radius 3 is 2.51 bits per heavy atom. The highest BCUT2D eigenvalue weighted by Gasteiger charge is 2.36. The Kier molecular flexibility index (Phi) is 8.67. The molecule has 0 radical (unpaired) electrons. The van der Waals surface area contributed by atoms with E-state index in [0.717, 1.165) is 16.7 Å². The Labute approximate surface area is 235 Å². The number of benzene rings is 3. The summed E-state index contributed by atoms with van der Waals surface area (Å²) in [4.78, 5) is 50.3. The summed E-state index contributed by atoms with van der Waals surface area (Å²) in [6.07, 6.45) is 1.51. The van der Waals surface area contributed by atoms with Crippen molar-refractivity contribution >= 4 is 56.6 Å². The summed E-state index contributed by atoms with van der Waals surface area (Å²) in [5, 5.41) is 10.8. The van der Waals surface area contributed by atoms with E-state index in [1.54, 1.807) is 49.4 Å². The summed E-state index contributed by atoms with van der Waals surface area (Å²) in [6.45, 7) is 1.81. The van der Waals surface area contributed by atoms with Gasteiger partial charge < -0.3 is 14.2 Å². The number of carbonyl (C=O) groups excluding carboxylic acids is 3. The highest BCUT2D eigenvalue weighted by atomic mass is 79.9. The van der Waals surface area contributed by atoms with Gasteiger partial charge in [-0.25, -0.2) is 4.79 Å². The summed E-state index contributed by atoms with van der Waals surface area (Å²) in [7, 11) is 1.52. The molecular formula is C27H21BrN2O8S. The Morgan fingerprint density at radius 2 is 1.85 bits per heavy atom. The van der Waals surface area contributed by atoms with Crippen LogP contribution < -0.4 is 14.2 Å². The number of rotatable bonds is 9. The second-order valence-electron chi connectivity index (χ2n) is 8.03. The quantitative estimate of drug-likeness (QED) is 0.0909. The van der Waals surface area contributed by atoms with Gasteiger partial charge in [0.15, 0.2) is 11.5 Å². The molecule has 12 heteroatoms. The number of para-hydroxylation sites is 1. The second-order valence-corrected chi connectivity index (χ2v) is 9.88. The van der Waals surface area contributed by atoms with E-state index in [0.29, 0.717) is 21.3 Å². The van der Waals surface area contributed by atoms with E-state index >= 15 is 0 Å². The lowest BCUT2D eigenvalue weighted by Crippen LogP contribution is -2.27. The largest absolute Gasteiger partial charge is 0.497 e. The molecule has 1 aliphatic heterocycles. The van der Waals surface area contributed by atoms with Crippen LogP contribution in [0.2, 0.25) is 0 Å². The Bertz CT molecular complexity index is 1490. The number of amides is 2. The molecule has 0 N–H and O–H groups in total. The van der Waals surface area contributed by atoms with Crippen LogP contribution in [0.5, 0.6) is 17.2 Å². The maximum atomic E-state index is 13.0. The number of nitro groups is 1. The van der Waals surface area contributed by atoms with Crippen LogP contribution in [0, 0.1) is 10.1 Å². The fourth-order valence-electron chi connectivity index (χ4n) is 3.69. The summed E-state index contributed by atoms with van der Waals surface area (Å²) in [6, 6.07) is 15.6. The van der Waals surface area contributed by atoms with Gasteiger partial charge in [0, 0.05) is 11.6 Å². The van der Waals surface area contributed by atoms with Crippen LogP contribution in [0.3, 0.4) is 0 Å². The van der Waals surface area contributed by atoms with E-state index in [4.69, 9.17) is 14.2 Å². The highest BCUT2D eigenvalue weighted by Crippen LogP contribution is 2.40. The lowest BCUT2D eigenvalue weighted by molar-refractivity contribution is -0.385. The van der Waals surface area contributed by atoms with E-state index in [9.17, 15) is 24.5 Å². The van der Waals surface area contributed by atoms with Gasteiger partial charge in [0.1, 0.15) is 5.75 Å². The van der Waals surface area contributed by atoms with Crippen molar-refractivity contribution in [3.63, 3.8) is 0 Å². The van der Waals surface area contributed by atoms with Gasteiger partial charge in [-0.3, -0.25) is 24.6 Å².